The summed E-state index contributed by atoms with van der Waals surface area (Å²) in [6.07, 6.45) is 0.869. The standard InChI is InChI=1S/C17H14BrF2NO3/c18-7-2-8-22-14-3-1-4-15-17(14)21-16(24-15)10-23-13-6-5-11(19)9-12(13)20/h1,3-6,9H,2,7-8,10H2. The van der Waals surface area contributed by atoms with Crippen LogP contribution in [0.15, 0.2) is 40.8 Å². The summed E-state index contributed by atoms with van der Waals surface area (Å²) in [6, 6.07) is 8.49. The molecule has 126 valence electrons. The van der Waals surface area contributed by atoms with Crippen LogP contribution >= 0.6 is 15.9 Å². The molecule has 0 atom stereocenters. The number of oxazole rings is 1. The second kappa shape index (κ2) is 7.61. The summed E-state index contributed by atoms with van der Waals surface area (Å²) < 4.78 is 43.0. The van der Waals surface area contributed by atoms with E-state index in [4.69, 9.17) is 13.9 Å². The van der Waals surface area contributed by atoms with Gasteiger partial charge >= 0.3 is 0 Å². The second-order valence-corrected chi connectivity index (χ2v) is 5.76. The molecular formula is C17H14BrF2NO3. The lowest BCUT2D eigenvalue weighted by atomic mass is 10.3. The quantitative estimate of drug-likeness (QED) is 0.422. The van der Waals surface area contributed by atoms with E-state index in [1.807, 2.05) is 6.07 Å². The molecule has 0 N–H and O–H groups in total. The Morgan fingerprint density at radius 3 is 2.75 bits per heavy atom. The van der Waals surface area contributed by atoms with E-state index >= 15 is 0 Å². The van der Waals surface area contributed by atoms with Gasteiger partial charge in [0.15, 0.2) is 29.3 Å². The fourth-order valence-electron chi connectivity index (χ4n) is 2.12. The highest BCUT2D eigenvalue weighted by Gasteiger charge is 2.12. The predicted molar refractivity (Wildman–Crippen MR) is 88.6 cm³/mol. The normalized spacial score (nSPS) is 11.0. The van der Waals surface area contributed by atoms with Gasteiger partial charge in [-0.25, -0.2) is 13.8 Å². The number of halogens is 3. The third-order valence-electron chi connectivity index (χ3n) is 3.21. The van der Waals surface area contributed by atoms with Gasteiger partial charge in [0.2, 0.25) is 5.89 Å². The lowest BCUT2D eigenvalue weighted by molar-refractivity contribution is 0.255. The van der Waals surface area contributed by atoms with Crippen molar-refractivity contribution in [1.29, 1.82) is 0 Å². The monoisotopic (exact) mass is 397 g/mol. The Bertz CT molecular complexity index is 838. The zero-order valence-corrected chi connectivity index (χ0v) is 14.2. The number of rotatable bonds is 7. The Morgan fingerprint density at radius 2 is 1.96 bits per heavy atom. The van der Waals surface area contributed by atoms with Crippen LogP contribution in [0.5, 0.6) is 11.5 Å². The third kappa shape index (κ3) is 3.84. The maximum Gasteiger partial charge on any atom is 0.233 e. The molecule has 0 saturated carbocycles. The summed E-state index contributed by atoms with van der Waals surface area (Å²) in [4.78, 5) is 4.33. The Balaban J connectivity index is 1.74. The molecule has 0 unspecified atom stereocenters. The van der Waals surface area contributed by atoms with E-state index in [-0.39, 0.29) is 18.2 Å². The largest absolute Gasteiger partial charge is 0.491 e. The van der Waals surface area contributed by atoms with Crippen LogP contribution in [0.2, 0.25) is 0 Å². The van der Waals surface area contributed by atoms with Crippen molar-refractivity contribution < 1.29 is 22.7 Å². The van der Waals surface area contributed by atoms with Gasteiger partial charge in [-0.05, 0) is 30.7 Å². The van der Waals surface area contributed by atoms with E-state index in [1.165, 1.54) is 6.07 Å². The molecule has 0 radical (unpaired) electrons. The molecule has 0 bridgehead atoms. The minimum absolute atomic E-state index is 0.0625. The first kappa shape index (κ1) is 16.7. The topological polar surface area (TPSA) is 44.5 Å². The Hall–Kier alpha value is -2.15. The molecule has 0 spiro atoms. The number of ether oxygens (including phenoxy) is 2. The van der Waals surface area contributed by atoms with Crippen LogP contribution in [0, 0.1) is 11.6 Å². The Morgan fingerprint density at radius 1 is 1.08 bits per heavy atom. The number of para-hydroxylation sites is 1. The maximum atomic E-state index is 13.6. The third-order valence-corrected chi connectivity index (χ3v) is 3.77. The number of aromatic nitrogens is 1. The lowest BCUT2D eigenvalue weighted by Crippen LogP contribution is -1.99. The van der Waals surface area contributed by atoms with E-state index in [1.54, 1.807) is 12.1 Å². The summed E-state index contributed by atoms with van der Waals surface area (Å²) in [5.74, 6) is -0.592. The van der Waals surface area contributed by atoms with Crippen molar-refractivity contribution >= 4 is 27.0 Å². The first-order valence-corrected chi connectivity index (χ1v) is 8.44. The Labute approximate surface area is 145 Å². The highest BCUT2D eigenvalue weighted by molar-refractivity contribution is 9.09. The Kier molecular flexibility index (Phi) is 5.30. The number of hydrogen-bond acceptors (Lipinski definition) is 4. The number of alkyl halides is 1. The van der Waals surface area contributed by atoms with Crippen LogP contribution in [0.1, 0.15) is 12.3 Å². The van der Waals surface area contributed by atoms with Crippen molar-refractivity contribution in [2.45, 2.75) is 13.0 Å². The molecule has 0 aliphatic heterocycles. The molecule has 0 fully saturated rings. The van der Waals surface area contributed by atoms with Crippen LogP contribution in [0.25, 0.3) is 11.1 Å². The van der Waals surface area contributed by atoms with Crippen LogP contribution in [-0.4, -0.2) is 16.9 Å². The van der Waals surface area contributed by atoms with Gasteiger partial charge in [-0.15, -0.1) is 0 Å². The first-order chi connectivity index (χ1) is 11.7. The van der Waals surface area contributed by atoms with Crippen molar-refractivity contribution in [3.8, 4) is 11.5 Å². The number of nitrogens with zero attached hydrogens (tertiary/aromatic N) is 1. The molecule has 1 heterocycles. The fourth-order valence-corrected chi connectivity index (χ4v) is 2.34. The second-order valence-electron chi connectivity index (χ2n) is 4.96. The highest BCUT2D eigenvalue weighted by atomic mass is 79.9. The van der Waals surface area contributed by atoms with Crippen molar-refractivity contribution in [2.75, 3.05) is 11.9 Å². The molecule has 0 amide bonds. The van der Waals surface area contributed by atoms with Gasteiger partial charge in [-0.2, -0.15) is 0 Å². The first-order valence-electron chi connectivity index (χ1n) is 7.32. The van der Waals surface area contributed by atoms with Gasteiger partial charge in [0.05, 0.1) is 6.61 Å². The number of benzene rings is 2. The minimum Gasteiger partial charge on any atom is -0.491 e. The van der Waals surface area contributed by atoms with E-state index in [0.717, 1.165) is 23.9 Å². The fraction of sp³-hybridized carbons (Fsp3) is 0.235. The molecule has 0 aliphatic rings. The van der Waals surface area contributed by atoms with Crippen molar-refractivity contribution in [3.05, 3.63) is 53.9 Å². The number of fused-ring (bicyclic) bond motifs is 1. The molecule has 2 aromatic carbocycles. The van der Waals surface area contributed by atoms with Gasteiger partial charge < -0.3 is 13.9 Å². The summed E-state index contributed by atoms with van der Waals surface area (Å²) in [7, 11) is 0. The van der Waals surface area contributed by atoms with Gasteiger partial charge in [0.1, 0.15) is 11.6 Å². The molecule has 0 aliphatic carbocycles. The summed E-state index contributed by atoms with van der Waals surface area (Å²) >= 11 is 3.34. The average molecular weight is 398 g/mol. The van der Waals surface area contributed by atoms with Crippen molar-refractivity contribution in [3.63, 3.8) is 0 Å². The molecule has 1 aromatic heterocycles. The van der Waals surface area contributed by atoms with Gasteiger partial charge in [0.25, 0.3) is 0 Å². The van der Waals surface area contributed by atoms with Crippen LogP contribution in [0.4, 0.5) is 8.78 Å². The van der Waals surface area contributed by atoms with Crippen LogP contribution in [0.3, 0.4) is 0 Å². The summed E-state index contributed by atoms with van der Waals surface area (Å²) in [5.41, 5.74) is 1.15. The smallest absolute Gasteiger partial charge is 0.233 e. The zero-order chi connectivity index (χ0) is 16.9. The average Bonchev–Trinajstić information content (AvgIpc) is 2.98. The van der Waals surface area contributed by atoms with Crippen LogP contribution < -0.4 is 9.47 Å². The molecule has 0 saturated heterocycles. The molecule has 3 rings (SSSR count). The van der Waals surface area contributed by atoms with Crippen molar-refractivity contribution in [2.24, 2.45) is 0 Å². The van der Waals surface area contributed by atoms with E-state index in [0.29, 0.717) is 23.5 Å². The summed E-state index contributed by atoms with van der Waals surface area (Å²) in [5, 5.41) is 0.851. The zero-order valence-electron chi connectivity index (χ0n) is 12.6. The maximum absolute atomic E-state index is 13.6. The molecule has 4 nitrogen and oxygen atoms in total. The SMILES string of the molecule is Fc1ccc(OCc2nc3c(OCCCBr)cccc3o2)c(F)c1. The molecular weight excluding hydrogens is 384 g/mol. The molecule has 3 aromatic rings. The minimum atomic E-state index is -0.773. The summed E-state index contributed by atoms with van der Waals surface area (Å²) in [6.45, 7) is 0.488. The van der Waals surface area contributed by atoms with Gasteiger partial charge in [0, 0.05) is 11.4 Å². The van der Waals surface area contributed by atoms with Crippen LogP contribution in [-0.2, 0) is 6.61 Å². The lowest BCUT2D eigenvalue weighted by Gasteiger charge is -2.04. The van der Waals surface area contributed by atoms with Crippen molar-refractivity contribution in [1.82, 2.24) is 4.98 Å². The number of hydrogen-bond donors (Lipinski definition) is 0. The van der Waals surface area contributed by atoms with E-state index in [9.17, 15) is 8.78 Å². The molecule has 24 heavy (non-hydrogen) atoms. The van der Waals surface area contributed by atoms with Gasteiger partial charge in [-0.3, -0.25) is 0 Å². The van der Waals surface area contributed by atoms with E-state index < -0.39 is 11.6 Å². The molecule has 7 heteroatoms. The van der Waals surface area contributed by atoms with E-state index in [2.05, 4.69) is 20.9 Å². The predicted octanol–water partition coefficient (Wildman–Crippen LogP) is 4.85. The van der Waals surface area contributed by atoms with Gasteiger partial charge in [-0.1, -0.05) is 22.0 Å². The highest BCUT2D eigenvalue weighted by Crippen LogP contribution is 2.27.